The van der Waals surface area contributed by atoms with Gasteiger partial charge in [0.15, 0.2) is 17.2 Å². The predicted octanol–water partition coefficient (Wildman–Crippen LogP) is 4.06. The molecule has 0 fully saturated rings. The number of carboxylic acid groups (broad SMARTS) is 1. The van der Waals surface area contributed by atoms with Crippen LogP contribution in [0.4, 0.5) is 11.4 Å². The second-order valence-corrected chi connectivity index (χ2v) is 5.60. The van der Waals surface area contributed by atoms with Crippen LogP contribution >= 0.6 is 11.6 Å². The summed E-state index contributed by atoms with van der Waals surface area (Å²) in [4.78, 5) is 15.5. The maximum absolute atomic E-state index is 11.3. The van der Waals surface area contributed by atoms with E-state index in [0.29, 0.717) is 27.7 Å². The van der Waals surface area contributed by atoms with Crippen LogP contribution in [0.15, 0.2) is 42.5 Å². The number of rotatable bonds is 3. The van der Waals surface area contributed by atoms with Gasteiger partial charge in [0.2, 0.25) is 6.79 Å². The molecule has 0 spiro atoms. The van der Waals surface area contributed by atoms with Crippen LogP contribution in [0.3, 0.4) is 0 Å². The second-order valence-electron chi connectivity index (χ2n) is 5.19. The number of halogens is 1. The minimum absolute atomic E-state index is 0.0844. The number of aromatic carboxylic acids is 1. The van der Waals surface area contributed by atoms with Crippen LogP contribution in [0.5, 0.6) is 11.5 Å². The van der Waals surface area contributed by atoms with Gasteiger partial charge in [-0.1, -0.05) is 23.7 Å². The van der Waals surface area contributed by atoms with E-state index >= 15 is 0 Å². The zero-order valence-electron chi connectivity index (χ0n) is 12.2. The number of ether oxygens (including phenoxy) is 2. The van der Waals surface area contributed by atoms with E-state index in [1.165, 1.54) is 6.07 Å². The second kappa shape index (κ2) is 5.58. The Bertz CT molecular complexity index is 974. The fraction of sp³-hybridized carbons (Fsp3) is 0.0588. The maximum atomic E-state index is 11.3. The van der Waals surface area contributed by atoms with Crippen molar-refractivity contribution in [3.8, 4) is 11.5 Å². The summed E-state index contributed by atoms with van der Waals surface area (Å²) in [6, 6.07) is 12.2. The molecule has 0 aliphatic carbocycles. The summed E-state index contributed by atoms with van der Waals surface area (Å²) in [7, 11) is 0. The largest absolute Gasteiger partial charge is 0.477 e. The lowest BCUT2D eigenvalue weighted by Gasteiger charge is -2.12. The number of fused-ring (bicyclic) bond motifs is 2. The van der Waals surface area contributed by atoms with Gasteiger partial charge < -0.3 is 19.9 Å². The fourth-order valence-corrected chi connectivity index (χ4v) is 2.77. The van der Waals surface area contributed by atoms with E-state index in [2.05, 4.69) is 10.3 Å². The molecule has 2 N–H and O–H groups in total. The standard InChI is InChI=1S/C17H11ClN2O4/c18-11-3-1-2-10-12(7-13(17(21)22)20-16(10)11)19-9-4-5-14-15(6-9)24-8-23-14/h1-7H,8H2,(H,19,20)(H,21,22). The summed E-state index contributed by atoms with van der Waals surface area (Å²) in [6.45, 7) is 0.190. The van der Waals surface area contributed by atoms with E-state index in [0.717, 1.165) is 11.1 Å². The molecule has 1 aliphatic rings. The van der Waals surface area contributed by atoms with E-state index < -0.39 is 5.97 Å². The first kappa shape index (κ1) is 14.6. The van der Waals surface area contributed by atoms with E-state index in [-0.39, 0.29) is 12.5 Å². The molecule has 0 saturated heterocycles. The lowest BCUT2D eigenvalue weighted by molar-refractivity contribution is 0.0691. The SMILES string of the molecule is O=C(O)c1cc(Nc2ccc3c(c2)OCO3)c2cccc(Cl)c2n1. The van der Waals surface area contributed by atoms with Gasteiger partial charge in [-0.2, -0.15) is 0 Å². The molecule has 7 heteroatoms. The highest BCUT2D eigenvalue weighted by atomic mass is 35.5. The third-order valence-corrected chi connectivity index (χ3v) is 3.97. The highest BCUT2D eigenvalue weighted by Gasteiger charge is 2.16. The normalized spacial score (nSPS) is 12.4. The van der Waals surface area contributed by atoms with Crippen LogP contribution in [0, 0.1) is 0 Å². The van der Waals surface area contributed by atoms with E-state index in [9.17, 15) is 9.90 Å². The number of anilines is 2. The molecule has 0 atom stereocenters. The van der Waals surface area contributed by atoms with Crippen LogP contribution in [-0.4, -0.2) is 22.9 Å². The molecule has 0 saturated carbocycles. The van der Waals surface area contributed by atoms with Crippen molar-refractivity contribution in [1.29, 1.82) is 0 Å². The zero-order valence-corrected chi connectivity index (χ0v) is 13.0. The number of aromatic nitrogens is 1. The highest BCUT2D eigenvalue weighted by Crippen LogP contribution is 2.36. The number of hydrogen-bond acceptors (Lipinski definition) is 5. The Labute approximate surface area is 141 Å². The molecule has 0 unspecified atom stereocenters. The minimum atomic E-state index is -1.12. The molecule has 120 valence electrons. The van der Waals surface area contributed by atoms with Crippen molar-refractivity contribution in [1.82, 2.24) is 4.98 Å². The van der Waals surface area contributed by atoms with Crippen molar-refractivity contribution in [3.63, 3.8) is 0 Å². The summed E-state index contributed by atoms with van der Waals surface area (Å²) < 4.78 is 10.6. The molecule has 2 aromatic carbocycles. The van der Waals surface area contributed by atoms with Gasteiger partial charge in [0, 0.05) is 17.1 Å². The topological polar surface area (TPSA) is 80.7 Å². The van der Waals surface area contributed by atoms with Crippen LogP contribution in [0.25, 0.3) is 10.9 Å². The third kappa shape index (κ3) is 2.47. The van der Waals surface area contributed by atoms with Gasteiger partial charge in [0.25, 0.3) is 0 Å². The summed E-state index contributed by atoms with van der Waals surface area (Å²) in [6.07, 6.45) is 0. The number of carboxylic acids is 1. The maximum Gasteiger partial charge on any atom is 0.354 e. The Morgan fingerprint density at radius 1 is 1.17 bits per heavy atom. The molecule has 1 aromatic heterocycles. The third-order valence-electron chi connectivity index (χ3n) is 3.66. The Morgan fingerprint density at radius 2 is 2.00 bits per heavy atom. The van der Waals surface area contributed by atoms with Crippen molar-refractivity contribution >= 4 is 39.8 Å². The van der Waals surface area contributed by atoms with Gasteiger partial charge in [-0.25, -0.2) is 9.78 Å². The number of benzene rings is 2. The molecule has 1 aliphatic heterocycles. The summed E-state index contributed by atoms with van der Waals surface area (Å²) in [5.41, 5.74) is 1.68. The Morgan fingerprint density at radius 3 is 2.83 bits per heavy atom. The van der Waals surface area contributed by atoms with Crippen molar-refractivity contribution in [2.45, 2.75) is 0 Å². The number of para-hydroxylation sites is 1. The molecule has 3 aromatic rings. The van der Waals surface area contributed by atoms with E-state index in [1.807, 2.05) is 12.1 Å². The minimum Gasteiger partial charge on any atom is -0.477 e. The highest BCUT2D eigenvalue weighted by molar-refractivity contribution is 6.35. The van der Waals surface area contributed by atoms with Gasteiger partial charge in [-0.15, -0.1) is 0 Å². The van der Waals surface area contributed by atoms with Crippen molar-refractivity contribution in [2.24, 2.45) is 0 Å². The molecule has 0 amide bonds. The van der Waals surface area contributed by atoms with E-state index in [1.54, 1.807) is 24.3 Å². The van der Waals surface area contributed by atoms with Crippen LogP contribution in [-0.2, 0) is 0 Å². The Hall–Kier alpha value is -2.99. The van der Waals surface area contributed by atoms with E-state index in [4.69, 9.17) is 21.1 Å². The first-order chi connectivity index (χ1) is 11.6. The first-order valence-corrected chi connectivity index (χ1v) is 7.49. The van der Waals surface area contributed by atoms with Crippen molar-refractivity contribution in [3.05, 3.63) is 53.2 Å². The molecule has 6 nitrogen and oxygen atoms in total. The van der Waals surface area contributed by atoms with Gasteiger partial charge >= 0.3 is 5.97 Å². The molecule has 0 radical (unpaired) electrons. The first-order valence-electron chi connectivity index (χ1n) is 7.11. The molecular weight excluding hydrogens is 332 g/mol. The zero-order chi connectivity index (χ0) is 16.7. The average molecular weight is 343 g/mol. The van der Waals surface area contributed by atoms with Crippen LogP contribution < -0.4 is 14.8 Å². The number of nitrogens with one attached hydrogen (secondary N) is 1. The average Bonchev–Trinajstić information content (AvgIpc) is 3.03. The molecule has 2 heterocycles. The summed E-state index contributed by atoms with van der Waals surface area (Å²) >= 11 is 6.17. The van der Waals surface area contributed by atoms with Gasteiger partial charge in [0.05, 0.1) is 16.2 Å². The number of pyridine rings is 1. The fourth-order valence-electron chi connectivity index (χ4n) is 2.56. The molecule has 4 rings (SSSR count). The smallest absolute Gasteiger partial charge is 0.354 e. The number of carbonyl (C=O) groups is 1. The van der Waals surface area contributed by atoms with Crippen LogP contribution in [0.1, 0.15) is 10.5 Å². The van der Waals surface area contributed by atoms with Gasteiger partial charge in [0.1, 0.15) is 0 Å². The molecular formula is C17H11ClN2O4. The van der Waals surface area contributed by atoms with Crippen molar-refractivity contribution < 1.29 is 19.4 Å². The Balaban J connectivity index is 1.83. The van der Waals surface area contributed by atoms with Gasteiger partial charge in [-0.3, -0.25) is 0 Å². The van der Waals surface area contributed by atoms with Gasteiger partial charge in [-0.05, 0) is 24.3 Å². The lowest BCUT2D eigenvalue weighted by atomic mass is 10.1. The molecule has 0 bridgehead atoms. The summed E-state index contributed by atoms with van der Waals surface area (Å²) in [5.74, 6) is 0.190. The number of nitrogens with zero attached hydrogens (tertiary/aromatic N) is 1. The molecule has 24 heavy (non-hydrogen) atoms. The van der Waals surface area contributed by atoms with Crippen molar-refractivity contribution in [2.75, 3.05) is 12.1 Å². The van der Waals surface area contributed by atoms with Crippen LogP contribution in [0.2, 0.25) is 5.02 Å². The number of hydrogen-bond donors (Lipinski definition) is 2. The lowest BCUT2D eigenvalue weighted by Crippen LogP contribution is -2.03. The predicted molar refractivity (Wildman–Crippen MR) is 89.6 cm³/mol. The monoisotopic (exact) mass is 342 g/mol. The Kier molecular flexibility index (Phi) is 3.39. The quantitative estimate of drug-likeness (QED) is 0.747. The summed E-state index contributed by atoms with van der Waals surface area (Å²) in [5, 5.41) is 13.6.